The number of sulfonamides is 1. The van der Waals surface area contributed by atoms with Crippen molar-refractivity contribution >= 4 is 21.1 Å². The van der Waals surface area contributed by atoms with E-state index in [4.69, 9.17) is 9.52 Å². The largest absolute Gasteiger partial charge is 0.417 e. The number of nitrogens with zero attached hydrogens (tertiary/aromatic N) is 2. The Morgan fingerprint density at radius 2 is 1.96 bits per heavy atom. The topological polar surface area (TPSA) is 107 Å². The molecule has 10 heteroatoms. The summed E-state index contributed by atoms with van der Waals surface area (Å²) in [5.74, 6) is -1.71. The number of aromatic amines is 1. The highest BCUT2D eigenvalue weighted by Crippen LogP contribution is 2.24. The van der Waals surface area contributed by atoms with Gasteiger partial charge in [0.05, 0.1) is 12.1 Å². The van der Waals surface area contributed by atoms with E-state index in [0.717, 1.165) is 12.1 Å². The molecular formula is C13H16FN3O5S. The van der Waals surface area contributed by atoms with Crippen LogP contribution in [0.1, 0.15) is 0 Å². The number of piperazine rings is 1. The van der Waals surface area contributed by atoms with E-state index in [1.165, 1.54) is 4.31 Å². The summed E-state index contributed by atoms with van der Waals surface area (Å²) in [6.07, 6.45) is 0. The molecule has 1 aromatic carbocycles. The Morgan fingerprint density at radius 3 is 2.61 bits per heavy atom. The lowest BCUT2D eigenvalue weighted by Gasteiger charge is -2.33. The van der Waals surface area contributed by atoms with Gasteiger partial charge in [0.2, 0.25) is 10.0 Å². The number of nitrogens with one attached hydrogen (secondary N) is 1. The number of hydrogen-bond acceptors (Lipinski definition) is 6. The number of fused-ring (bicyclic) bond motifs is 1. The van der Waals surface area contributed by atoms with Crippen LogP contribution in [0.3, 0.4) is 0 Å². The highest BCUT2D eigenvalue weighted by Gasteiger charge is 2.31. The second kappa shape index (κ2) is 6.04. The van der Waals surface area contributed by atoms with Gasteiger partial charge in [-0.25, -0.2) is 17.6 Å². The van der Waals surface area contributed by atoms with Crippen LogP contribution < -0.4 is 5.76 Å². The molecule has 1 aromatic heterocycles. The number of aliphatic hydroxyl groups is 1. The Morgan fingerprint density at radius 1 is 1.26 bits per heavy atom. The maximum Gasteiger partial charge on any atom is 0.417 e. The fourth-order valence-electron chi connectivity index (χ4n) is 2.62. The van der Waals surface area contributed by atoms with Crippen LogP contribution in [-0.4, -0.2) is 67.0 Å². The molecule has 1 aliphatic rings. The average Bonchev–Trinajstić information content (AvgIpc) is 2.86. The van der Waals surface area contributed by atoms with Crippen molar-refractivity contribution in [1.29, 1.82) is 0 Å². The maximum atomic E-state index is 14.2. The Balaban J connectivity index is 1.91. The van der Waals surface area contributed by atoms with Crippen molar-refractivity contribution in [2.75, 3.05) is 39.3 Å². The molecule has 1 fully saturated rings. The van der Waals surface area contributed by atoms with Gasteiger partial charge >= 0.3 is 5.76 Å². The Kier molecular flexibility index (Phi) is 4.23. The minimum absolute atomic E-state index is 0.00453. The van der Waals surface area contributed by atoms with Crippen LogP contribution in [-0.2, 0) is 10.0 Å². The van der Waals surface area contributed by atoms with Crippen LogP contribution in [0.4, 0.5) is 4.39 Å². The minimum Gasteiger partial charge on any atom is -0.408 e. The third kappa shape index (κ3) is 3.02. The van der Waals surface area contributed by atoms with Crippen LogP contribution in [0.5, 0.6) is 0 Å². The first kappa shape index (κ1) is 16.1. The maximum absolute atomic E-state index is 14.2. The number of aliphatic hydroxyl groups excluding tert-OH is 1. The van der Waals surface area contributed by atoms with E-state index in [0.29, 0.717) is 19.6 Å². The molecule has 0 amide bonds. The van der Waals surface area contributed by atoms with E-state index in [9.17, 15) is 17.6 Å². The monoisotopic (exact) mass is 345 g/mol. The summed E-state index contributed by atoms with van der Waals surface area (Å²) in [4.78, 5) is 14.8. The number of benzene rings is 1. The lowest BCUT2D eigenvalue weighted by Crippen LogP contribution is -2.49. The molecule has 0 unspecified atom stereocenters. The van der Waals surface area contributed by atoms with Crippen molar-refractivity contribution in [3.8, 4) is 0 Å². The molecule has 0 radical (unpaired) electrons. The summed E-state index contributed by atoms with van der Waals surface area (Å²) in [6, 6.07) is 1.97. The van der Waals surface area contributed by atoms with Crippen LogP contribution in [0.15, 0.2) is 26.2 Å². The van der Waals surface area contributed by atoms with Gasteiger partial charge in [0, 0.05) is 44.9 Å². The molecule has 0 aliphatic carbocycles. The zero-order valence-electron chi connectivity index (χ0n) is 12.2. The van der Waals surface area contributed by atoms with Crippen molar-refractivity contribution < 1.29 is 22.3 Å². The zero-order valence-corrected chi connectivity index (χ0v) is 13.0. The second-order valence-corrected chi connectivity index (χ2v) is 7.17. The summed E-state index contributed by atoms with van der Waals surface area (Å²) >= 11 is 0. The van der Waals surface area contributed by atoms with Gasteiger partial charge in [0.15, 0.2) is 5.58 Å². The minimum atomic E-state index is -4.02. The molecule has 2 aromatic rings. The highest BCUT2D eigenvalue weighted by molar-refractivity contribution is 7.89. The quantitative estimate of drug-likeness (QED) is 0.778. The summed E-state index contributed by atoms with van der Waals surface area (Å²) in [5.41, 5.74) is 0.105. The van der Waals surface area contributed by atoms with E-state index in [1.807, 2.05) is 4.90 Å². The van der Waals surface area contributed by atoms with E-state index in [1.54, 1.807) is 0 Å². The number of H-pyrrole nitrogens is 1. The molecule has 0 spiro atoms. The third-order valence-corrected chi connectivity index (χ3v) is 5.75. The van der Waals surface area contributed by atoms with Crippen molar-refractivity contribution in [3.05, 3.63) is 28.5 Å². The predicted molar refractivity (Wildman–Crippen MR) is 79.1 cm³/mol. The SMILES string of the molecule is O=c1[nH]c2cc(F)c(S(=O)(=O)N3CCN(CCO)CC3)cc2o1. The van der Waals surface area contributed by atoms with Crippen molar-refractivity contribution in [3.63, 3.8) is 0 Å². The second-order valence-electron chi connectivity index (χ2n) is 5.26. The van der Waals surface area contributed by atoms with Crippen LogP contribution in [0, 0.1) is 5.82 Å². The Bertz CT molecular complexity index is 867. The number of rotatable bonds is 4. The van der Waals surface area contributed by atoms with Gasteiger partial charge in [-0.3, -0.25) is 9.88 Å². The lowest BCUT2D eigenvalue weighted by molar-refractivity contribution is 0.151. The standard InChI is InChI=1S/C13H16FN3O5S/c14-9-7-10-11(22-13(19)15-10)8-12(9)23(20,21)17-3-1-16(2-4-17)5-6-18/h7-8,18H,1-6H2,(H,15,19). The molecule has 8 nitrogen and oxygen atoms in total. The van der Waals surface area contributed by atoms with Crippen LogP contribution in [0.2, 0.25) is 0 Å². The molecule has 1 aliphatic heterocycles. The molecule has 2 heterocycles. The Hall–Kier alpha value is -1.75. The predicted octanol–water partition coefficient (Wildman–Crippen LogP) is -0.441. The van der Waals surface area contributed by atoms with Gasteiger partial charge in [0.1, 0.15) is 10.7 Å². The first-order valence-electron chi connectivity index (χ1n) is 7.07. The first-order chi connectivity index (χ1) is 10.9. The fraction of sp³-hybridized carbons (Fsp3) is 0.462. The molecule has 126 valence electrons. The summed E-state index contributed by atoms with van der Waals surface area (Å²) in [7, 11) is -4.02. The molecule has 23 heavy (non-hydrogen) atoms. The number of hydrogen-bond donors (Lipinski definition) is 2. The first-order valence-corrected chi connectivity index (χ1v) is 8.51. The summed E-state index contributed by atoms with van der Waals surface area (Å²) in [5, 5.41) is 8.90. The molecule has 1 saturated heterocycles. The van der Waals surface area contributed by atoms with Gasteiger partial charge < -0.3 is 9.52 Å². The molecular weight excluding hydrogens is 329 g/mol. The molecule has 0 saturated carbocycles. The van der Waals surface area contributed by atoms with Gasteiger partial charge in [-0.1, -0.05) is 0 Å². The number of halogens is 1. The smallest absolute Gasteiger partial charge is 0.408 e. The molecule has 3 rings (SSSR count). The number of β-amino-alcohol motifs (C(OH)–C–C–N with tert-alkyl or cyclic N) is 1. The van der Waals surface area contributed by atoms with Gasteiger partial charge in [0.25, 0.3) is 0 Å². The molecule has 0 atom stereocenters. The lowest BCUT2D eigenvalue weighted by atomic mass is 10.3. The van der Waals surface area contributed by atoms with E-state index < -0.39 is 26.5 Å². The van der Waals surface area contributed by atoms with E-state index in [2.05, 4.69) is 4.98 Å². The van der Waals surface area contributed by atoms with E-state index in [-0.39, 0.29) is 30.8 Å². The van der Waals surface area contributed by atoms with Crippen molar-refractivity contribution in [2.24, 2.45) is 0 Å². The van der Waals surface area contributed by atoms with Crippen molar-refractivity contribution in [1.82, 2.24) is 14.2 Å². The summed E-state index contributed by atoms with van der Waals surface area (Å²) in [6.45, 7) is 1.81. The molecule has 0 bridgehead atoms. The van der Waals surface area contributed by atoms with Gasteiger partial charge in [-0.05, 0) is 0 Å². The normalized spacial score (nSPS) is 17.8. The van der Waals surface area contributed by atoms with Crippen molar-refractivity contribution in [2.45, 2.75) is 4.90 Å². The Labute approximate surface area is 131 Å². The van der Waals surface area contributed by atoms with Gasteiger partial charge in [-0.15, -0.1) is 0 Å². The van der Waals surface area contributed by atoms with Crippen LogP contribution >= 0.6 is 0 Å². The molecule has 2 N–H and O–H groups in total. The summed E-state index contributed by atoms with van der Waals surface area (Å²) < 4.78 is 45.4. The van der Waals surface area contributed by atoms with Crippen LogP contribution in [0.25, 0.3) is 11.1 Å². The average molecular weight is 345 g/mol. The number of aromatic nitrogens is 1. The fourth-order valence-corrected chi connectivity index (χ4v) is 4.11. The zero-order chi connectivity index (χ0) is 16.6. The van der Waals surface area contributed by atoms with E-state index >= 15 is 0 Å². The number of oxazole rings is 1. The van der Waals surface area contributed by atoms with Gasteiger partial charge in [-0.2, -0.15) is 4.31 Å². The highest BCUT2D eigenvalue weighted by atomic mass is 32.2. The third-order valence-electron chi connectivity index (χ3n) is 3.84.